The molecule has 0 unspecified atom stereocenters. The summed E-state index contributed by atoms with van der Waals surface area (Å²) in [5.74, 6) is 1.76. The van der Waals surface area contributed by atoms with Crippen LogP contribution in [0.2, 0.25) is 0 Å². The molecule has 0 saturated carbocycles. The smallest absolute Gasteiger partial charge is 0.310 e. The van der Waals surface area contributed by atoms with E-state index in [1.54, 1.807) is 19.1 Å². The zero-order valence-corrected chi connectivity index (χ0v) is 11.5. The number of esters is 1. The quantitative estimate of drug-likeness (QED) is 0.787. The van der Waals surface area contributed by atoms with Gasteiger partial charge in [-0.3, -0.25) is 4.79 Å². The predicted octanol–water partition coefficient (Wildman–Crippen LogP) is 1.44. The molecule has 21 heavy (non-hydrogen) atoms. The van der Waals surface area contributed by atoms with Gasteiger partial charge in [0.05, 0.1) is 6.42 Å². The number of aromatic nitrogens is 2. The summed E-state index contributed by atoms with van der Waals surface area (Å²) in [6.07, 6.45) is 0.143. The van der Waals surface area contributed by atoms with Crippen LogP contribution in [0, 0.1) is 6.92 Å². The Morgan fingerprint density at radius 3 is 2.86 bits per heavy atom. The van der Waals surface area contributed by atoms with E-state index in [-0.39, 0.29) is 24.9 Å². The fraction of sp³-hybridized carbons (Fsp3) is 0.357. The number of carbonyl (C=O) groups excluding carboxylic acids is 1. The maximum Gasteiger partial charge on any atom is 0.310 e. The highest BCUT2D eigenvalue weighted by Crippen LogP contribution is 2.30. The van der Waals surface area contributed by atoms with Crippen LogP contribution in [0.3, 0.4) is 0 Å². The van der Waals surface area contributed by atoms with Crippen molar-refractivity contribution in [3.05, 3.63) is 35.5 Å². The van der Waals surface area contributed by atoms with E-state index < -0.39 is 0 Å². The van der Waals surface area contributed by atoms with Gasteiger partial charge in [-0.1, -0.05) is 11.2 Å². The van der Waals surface area contributed by atoms with Crippen LogP contribution < -0.4 is 9.47 Å². The van der Waals surface area contributed by atoms with Crippen LogP contribution >= 0.6 is 0 Å². The van der Waals surface area contributed by atoms with Gasteiger partial charge in [-0.15, -0.1) is 0 Å². The molecule has 110 valence electrons. The van der Waals surface area contributed by atoms with Crippen LogP contribution in [0.25, 0.3) is 0 Å². The lowest BCUT2D eigenvalue weighted by atomic mass is 10.1. The average molecular weight is 290 g/mol. The van der Waals surface area contributed by atoms with E-state index >= 15 is 0 Å². The van der Waals surface area contributed by atoms with Crippen molar-refractivity contribution in [1.82, 2.24) is 10.1 Å². The number of hydrogen-bond donors (Lipinski definition) is 0. The van der Waals surface area contributed by atoms with Crippen LogP contribution in [0.1, 0.15) is 17.3 Å². The Morgan fingerprint density at radius 1 is 1.29 bits per heavy atom. The normalized spacial score (nSPS) is 13.0. The average Bonchev–Trinajstić information content (AvgIpc) is 2.91. The zero-order chi connectivity index (χ0) is 14.7. The van der Waals surface area contributed by atoms with E-state index in [9.17, 15) is 4.79 Å². The second kappa shape index (κ2) is 5.82. The topological polar surface area (TPSA) is 83.7 Å². The molecule has 1 aromatic carbocycles. The Kier molecular flexibility index (Phi) is 3.72. The molecular formula is C14H14N2O5. The van der Waals surface area contributed by atoms with Crippen molar-refractivity contribution in [3.8, 4) is 11.5 Å². The number of ether oxygens (including phenoxy) is 3. The SMILES string of the molecule is Cc1noc(COC(=O)Cc2ccc3c(c2)OCCO3)n1. The molecule has 7 heteroatoms. The standard InChI is InChI=1S/C14H14N2O5/c1-9-15-13(21-16-9)8-20-14(17)7-10-2-3-11-12(6-10)19-5-4-18-11/h2-3,6H,4-5,7-8H2,1H3. The number of rotatable bonds is 4. The summed E-state index contributed by atoms with van der Waals surface area (Å²) in [5, 5.41) is 3.62. The number of benzene rings is 1. The number of fused-ring (bicyclic) bond motifs is 1. The van der Waals surface area contributed by atoms with Crippen molar-refractivity contribution in [2.75, 3.05) is 13.2 Å². The minimum atomic E-state index is -0.373. The molecule has 3 rings (SSSR count). The van der Waals surface area contributed by atoms with Gasteiger partial charge in [-0.25, -0.2) is 0 Å². The van der Waals surface area contributed by atoms with Gasteiger partial charge in [0.25, 0.3) is 5.89 Å². The van der Waals surface area contributed by atoms with Gasteiger partial charge in [0.15, 0.2) is 23.9 Å². The highest BCUT2D eigenvalue weighted by molar-refractivity contribution is 5.72. The molecule has 0 fully saturated rings. The third-order valence-electron chi connectivity index (χ3n) is 2.88. The lowest BCUT2D eigenvalue weighted by Gasteiger charge is -2.18. The van der Waals surface area contributed by atoms with Crippen molar-refractivity contribution in [1.29, 1.82) is 0 Å². The Hall–Kier alpha value is -2.57. The van der Waals surface area contributed by atoms with E-state index in [4.69, 9.17) is 18.7 Å². The molecule has 0 N–H and O–H groups in total. The number of aryl methyl sites for hydroxylation is 1. The first kappa shape index (κ1) is 13.4. The highest BCUT2D eigenvalue weighted by atomic mass is 16.6. The van der Waals surface area contributed by atoms with E-state index in [1.807, 2.05) is 6.07 Å². The van der Waals surface area contributed by atoms with Gasteiger partial charge in [-0.2, -0.15) is 4.98 Å². The number of nitrogens with zero attached hydrogens (tertiary/aromatic N) is 2. The van der Waals surface area contributed by atoms with Crippen molar-refractivity contribution in [2.24, 2.45) is 0 Å². The first-order valence-corrected chi connectivity index (χ1v) is 6.54. The fourth-order valence-corrected chi connectivity index (χ4v) is 1.96. The third kappa shape index (κ3) is 3.31. The van der Waals surface area contributed by atoms with E-state index in [0.717, 1.165) is 5.56 Å². The Morgan fingerprint density at radius 2 is 2.10 bits per heavy atom. The summed E-state index contributed by atoms with van der Waals surface area (Å²) in [5.41, 5.74) is 0.797. The Balaban J connectivity index is 1.57. The maximum atomic E-state index is 11.8. The van der Waals surface area contributed by atoms with Crippen molar-refractivity contribution in [2.45, 2.75) is 20.0 Å². The highest BCUT2D eigenvalue weighted by Gasteiger charge is 2.14. The van der Waals surface area contributed by atoms with Crippen molar-refractivity contribution < 1.29 is 23.5 Å². The Labute approximate surface area is 120 Å². The van der Waals surface area contributed by atoms with E-state index in [2.05, 4.69) is 10.1 Å². The number of hydrogen-bond acceptors (Lipinski definition) is 7. The van der Waals surface area contributed by atoms with Gasteiger partial charge < -0.3 is 18.7 Å². The monoisotopic (exact) mass is 290 g/mol. The largest absolute Gasteiger partial charge is 0.486 e. The molecule has 7 nitrogen and oxygen atoms in total. The number of carbonyl (C=O) groups is 1. The molecule has 0 saturated heterocycles. The summed E-state index contributed by atoms with van der Waals surface area (Å²) in [4.78, 5) is 15.7. The lowest BCUT2D eigenvalue weighted by Crippen LogP contribution is -2.16. The molecule has 0 bridgehead atoms. The first-order chi connectivity index (χ1) is 10.2. The van der Waals surface area contributed by atoms with Gasteiger partial charge in [0, 0.05) is 0 Å². The zero-order valence-electron chi connectivity index (χ0n) is 11.5. The molecular weight excluding hydrogens is 276 g/mol. The Bertz CT molecular complexity index is 653. The van der Waals surface area contributed by atoms with Crippen LogP contribution in [-0.4, -0.2) is 29.3 Å². The summed E-state index contributed by atoms with van der Waals surface area (Å²) in [7, 11) is 0. The first-order valence-electron chi connectivity index (χ1n) is 6.54. The molecule has 0 amide bonds. The molecule has 2 aromatic rings. The maximum absolute atomic E-state index is 11.8. The fourth-order valence-electron chi connectivity index (χ4n) is 1.96. The molecule has 0 atom stereocenters. The van der Waals surface area contributed by atoms with Gasteiger partial charge >= 0.3 is 5.97 Å². The second-order valence-electron chi connectivity index (χ2n) is 4.55. The second-order valence-corrected chi connectivity index (χ2v) is 4.55. The molecule has 1 aliphatic rings. The minimum absolute atomic E-state index is 0.0236. The van der Waals surface area contributed by atoms with Crippen LogP contribution in [-0.2, 0) is 22.6 Å². The molecule has 0 radical (unpaired) electrons. The van der Waals surface area contributed by atoms with Gasteiger partial charge in [0.1, 0.15) is 13.2 Å². The molecule has 2 heterocycles. The van der Waals surface area contributed by atoms with Crippen molar-refractivity contribution in [3.63, 3.8) is 0 Å². The summed E-state index contributed by atoms with van der Waals surface area (Å²) in [6.45, 7) is 2.73. The summed E-state index contributed by atoms with van der Waals surface area (Å²) < 4.78 is 20.8. The van der Waals surface area contributed by atoms with Crippen LogP contribution in [0.4, 0.5) is 0 Å². The lowest BCUT2D eigenvalue weighted by molar-refractivity contribution is -0.144. The summed E-state index contributed by atoms with van der Waals surface area (Å²) >= 11 is 0. The predicted molar refractivity (Wildman–Crippen MR) is 70.0 cm³/mol. The molecule has 0 aliphatic carbocycles. The van der Waals surface area contributed by atoms with Crippen LogP contribution in [0.5, 0.6) is 11.5 Å². The molecule has 1 aromatic heterocycles. The van der Waals surface area contributed by atoms with Crippen molar-refractivity contribution >= 4 is 5.97 Å². The van der Waals surface area contributed by atoms with E-state index in [1.165, 1.54) is 0 Å². The van der Waals surface area contributed by atoms with Gasteiger partial charge in [0.2, 0.25) is 0 Å². The van der Waals surface area contributed by atoms with Gasteiger partial charge in [-0.05, 0) is 24.6 Å². The van der Waals surface area contributed by atoms with E-state index in [0.29, 0.717) is 30.5 Å². The van der Waals surface area contributed by atoms with Crippen LogP contribution in [0.15, 0.2) is 22.7 Å². The minimum Gasteiger partial charge on any atom is -0.486 e. The molecule has 1 aliphatic heterocycles. The summed E-state index contributed by atoms with van der Waals surface area (Å²) in [6, 6.07) is 5.39. The third-order valence-corrected chi connectivity index (χ3v) is 2.88. The molecule has 0 spiro atoms.